The molecule has 2 amide bonds. The van der Waals surface area contributed by atoms with Gasteiger partial charge in [-0.3, -0.25) is 14.6 Å². The van der Waals surface area contributed by atoms with Gasteiger partial charge in [0.05, 0.1) is 6.54 Å². The van der Waals surface area contributed by atoms with Crippen LogP contribution in [0, 0.1) is 11.8 Å². The number of aromatic nitrogens is 1. The van der Waals surface area contributed by atoms with Gasteiger partial charge >= 0.3 is 6.03 Å². The van der Waals surface area contributed by atoms with Gasteiger partial charge in [0.2, 0.25) is 0 Å². The van der Waals surface area contributed by atoms with E-state index < -0.39 is 20.5 Å². The first-order valence-corrected chi connectivity index (χ1v) is 12.4. The number of hydroxylamine groups is 1. The highest BCUT2D eigenvalue weighted by atomic mass is 35.5. The number of benzene rings is 1. The summed E-state index contributed by atoms with van der Waals surface area (Å²) in [5.41, 5.74) is 10.8. The van der Waals surface area contributed by atoms with Crippen LogP contribution >= 0.6 is 12.4 Å². The van der Waals surface area contributed by atoms with E-state index in [1.165, 1.54) is 21.9 Å². The van der Waals surface area contributed by atoms with Crippen molar-refractivity contribution in [3.63, 3.8) is 0 Å². The highest BCUT2D eigenvalue weighted by Crippen LogP contribution is 2.42. The lowest BCUT2D eigenvalue weighted by Crippen LogP contribution is -2.50. The van der Waals surface area contributed by atoms with Crippen molar-refractivity contribution in [1.82, 2.24) is 14.9 Å². The van der Waals surface area contributed by atoms with Crippen LogP contribution in [0.5, 0.6) is 0 Å². The number of nitrogens with one attached hydrogen (secondary N) is 1. The monoisotopic (exact) mass is 506 g/mol. The van der Waals surface area contributed by atoms with E-state index >= 15 is 0 Å². The average Bonchev–Trinajstić information content (AvgIpc) is 3.29. The Hall–Kier alpha value is -2.84. The Morgan fingerprint density at radius 3 is 2.38 bits per heavy atom. The maximum absolute atomic E-state index is 12.8. The van der Waals surface area contributed by atoms with Gasteiger partial charge in [-0.2, -0.15) is 0 Å². The van der Waals surface area contributed by atoms with Crippen LogP contribution in [0.15, 0.2) is 36.5 Å². The largest absolute Gasteiger partial charge is 0.328 e. The summed E-state index contributed by atoms with van der Waals surface area (Å²) in [5, 5.41) is 8.93. The highest BCUT2D eigenvalue weighted by Gasteiger charge is 2.44. The number of fused-ring (bicyclic) bond motifs is 1. The number of amides is 2. The summed E-state index contributed by atoms with van der Waals surface area (Å²) in [5.74, 6) is 5.13. The number of carbonyl (C=O) groups excluding carboxylic acids is 2. The van der Waals surface area contributed by atoms with Crippen LogP contribution in [0.2, 0.25) is 0 Å². The SMILES string of the molecule is C[C@@](CCN1Cc2cc(C#Cc3ccc(C4(N)CC4)cc3)cn2C1=O)(C(=O)NO)S(C)(=O)=O.Cl. The molecule has 1 aliphatic heterocycles. The van der Waals surface area contributed by atoms with E-state index in [4.69, 9.17) is 10.9 Å². The lowest BCUT2D eigenvalue weighted by atomic mass is 10.0. The predicted molar refractivity (Wildman–Crippen MR) is 128 cm³/mol. The fourth-order valence-electron chi connectivity index (χ4n) is 3.85. The number of rotatable bonds is 6. The summed E-state index contributed by atoms with van der Waals surface area (Å²) in [7, 11) is -3.83. The van der Waals surface area contributed by atoms with Crippen LogP contribution in [-0.4, -0.2) is 52.6 Å². The molecule has 1 aromatic carbocycles. The Morgan fingerprint density at radius 2 is 1.85 bits per heavy atom. The average molecular weight is 507 g/mol. The molecule has 2 heterocycles. The van der Waals surface area contributed by atoms with Crippen molar-refractivity contribution in [3.8, 4) is 11.8 Å². The van der Waals surface area contributed by atoms with E-state index in [-0.39, 0.29) is 43.5 Å². The van der Waals surface area contributed by atoms with Crippen molar-refractivity contribution in [2.75, 3.05) is 12.8 Å². The van der Waals surface area contributed by atoms with Crippen molar-refractivity contribution in [2.45, 2.75) is 43.0 Å². The van der Waals surface area contributed by atoms with Crippen LogP contribution in [0.1, 0.15) is 48.6 Å². The number of sulfone groups is 1. The van der Waals surface area contributed by atoms with Crippen molar-refractivity contribution < 1.29 is 23.2 Å². The maximum Gasteiger partial charge on any atom is 0.328 e. The van der Waals surface area contributed by atoms with E-state index in [1.54, 1.807) is 6.20 Å². The molecule has 182 valence electrons. The topological polar surface area (TPSA) is 135 Å². The van der Waals surface area contributed by atoms with Gasteiger partial charge in [0.1, 0.15) is 0 Å². The molecule has 0 unspecified atom stereocenters. The van der Waals surface area contributed by atoms with Gasteiger partial charge < -0.3 is 10.6 Å². The van der Waals surface area contributed by atoms with Crippen molar-refractivity contribution in [3.05, 3.63) is 58.9 Å². The lowest BCUT2D eigenvalue weighted by molar-refractivity contribution is -0.131. The normalized spacial score (nSPS) is 17.6. The van der Waals surface area contributed by atoms with Crippen LogP contribution in [0.25, 0.3) is 0 Å². The summed E-state index contributed by atoms with van der Waals surface area (Å²) in [6.07, 6.45) is 4.43. The van der Waals surface area contributed by atoms with E-state index in [9.17, 15) is 18.0 Å². The molecule has 1 saturated carbocycles. The number of carbonyl (C=O) groups is 2. The van der Waals surface area contributed by atoms with Gasteiger partial charge in [0, 0.05) is 41.4 Å². The van der Waals surface area contributed by atoms with E-state index in [2.05, 4.69) is 11.8 Å². The summed E-state index contributed by atoms with van der Waals surface area (Å²) in [6.45, 7) is 1.54. The first-order valence-electron chi connectivity index (χ1n) is 10.5. The predicted octanol–water partition coefficient (Wildman–Crippen LogP) is 1.74. The number of nitrogens with two attached hydrogens (primary N) is 1. The van der Waals surface area contributed by atoms with Gasteiger partial charge in [-0.25, -0.2) is 18.7 Å². The van der Waals surface area contributed by atoms with Crippen LogP contribution in [0.3, 0.4) is 0 Å². The third-order valence-corrected chi connectivity index (χ3v) is 8.61. The fraction of sp³-hybridized carbons (Fsp3) is 0.391. The molecule has 1 fully saturated rings. The quantitative estimate of drug-likeness (QED) is 0.310. The van der Waals surface area contributed by atoms with E-state index in [0.29, 0.717) is 5.56 Å². The molecule has 0 saturated heterocycles. The smallest absolute Gasteiger partial charge is 0.321 e. The van der Waals surface area contributed by atoms with Gasteiger partial charge in [-0.15, -0.1) is 12.4 Å². The molecular weight excluding hydrogens is 480 g/mol. The second-order valence-corrected chi connectivity index (χ2v) is 11.4. The van der Waals surface area contributed by atoms with Gasteiger partial charge in [0.25, 0.3) is 5.91 Å². The second kappa shape index (κ2) is 9.07. The summed E-state index contributed by atoms with van der Waals surface area (Å²) >= 11 is 0. The third kappa shape index (κ3) is 4.70. The van der Waals surface area contributed by atoms with E-state index in [0.717, 1.165) is 35.9 Å². The molecule has 1 atom stereocenters. The Morgan fingerprint density at radius 1 is 1.24 bits per heavy atom. The lowest BCUT2D eigenvalue weighted by Gasteiger charge is -2.27. The Labute approximate surface area is 204 Å². The standard InChI is InChI=1S/C23H26N4O5S.ClH/c1-22(20(28)25-30,33(2,31)32)11-12-26-15-19-13-17(14-27(19)21(26)29)4-3-16-5-7-18(8-6-16)23(24)9-10-23;/h5-8,13-14,30H,9-12,15,24H2,1-2H3,(H,25,28);1H/t22-;/m1./s1. The molecule has 0 radical (unpaired) electrons. The van der Waals surface area contributed by atoms with Crippen molar-refractivity contribution in [2.24, 2.45) is 5.73 Å². The summed E-state index contributed by atoms with van der Waals surface area (Å²) in [6, 6.07) is 9.37. The zero-order valence-corrected chi connectivity index (χ0v) is 20.5. The minimum atomic E-state index is -3.83. The zero-order valence-electron chi connectivity index (χ0n) is 18.9. The molecule has 2 aromatic rings. The van der Waals surface area contributed by atoms with Gasteiger partial charge in [-0.1, -0.05) is 24.0 Å². The number of hydrogen-bond donors (Lipinski definition) is 3. The third-order valence-electron chi connectivity index (χ3n) is 6.59. The molecule has 34 heavy (non-hydrogen) atoms. The second-order valence-electron chi connectivity index (χ2n) is 8.97. The van der Waals surface area contributed by atoms with Crippen LogP contribution in [-0.2, 0) is 26.7 Å². The summed E-state index contributed by atoms with van der Waals surface area (Å²) < 4.78 is 23.8. The molecule has 1 aromatic heterocycles. The molecule has 11 heteroatoms. The molecule has 4 rings (SSSR count). The summed E-state index contributed by atoms with van der Waals surface area (Å²) in [4.78, 5) is 26.2. The zero-order chi connectivity index (χ0) is 24.0. The maximum atomic E-state index is 12.8. The van der Waals surface area contributed by atoms with E-state index in [1.807, 2.05) is 30.3 Å². The van der Waals surface area contributed by atoms with Crippen molar-refractivity contribution >= 4 is 34.2 Å². The molecule has 2 aliphatic rings. The molecule has 1 aliphatic carbocycles. The Kier molecular flexibility index (Phi) is 6.88. The van der Waals surface area contributed by atoms with Gasteiger partial charge in [0.15, 0.2) is 14.6 Å². The van der Waals surface area contributed by atoms with Gasteiger partial charge in [-0.05, 0) is 49.9 Å². The van der Waals surface area contributed by atoms with Crippen LogP contribution in [0.4, 0.5) is 4.79 Å². The Bertz CT molecular complexity index is 1290. The first-order chi connectivity index (χ1) is 15.5. The molecule has 9 nitrogen and oxygen atoms in total. The molecular formula is C23H27ClN4O5S. The van der Waals surface area contributed by atoms with Crippen LogP contribution < -0.4 is 11.2 Å². The molecule has 0 spiro atoms. The Balaban J connectivity index is 0.00000324. The van der Waals surface area contributed by atoms with Crippen molar-refractivity contribution in [1.29, 1.82) is 0 Å². The number of halogens is 1. The first kappa shape index (κ1) is 25.8. The minimum Gasteiger partial charge on any atom is -0.321 e. The number of hydrogen-bond acceptors (Lipinski definition) is 6. The molecule has 0 bridgehead atoms. The molecule has 4 N–H and O–H groups in total. The minimum absolute atomic E-state index is 0. The number of nitrogens with zero attached hydrogens (tertiary/aromatic N) is 2. The highest BCUT2D eigenvalue weighted by molar-refractivity contribution is 7.92. The fourth-order valence-corrected chi connectivity index (χ4v) is 4.70.